The van der Waals surface area contributed by atoms with E-state index in [0.717, 1.165) is 10.5 Å². The highest BCUT2D eigenvalue weighted by Gasteiger charge is 2.56. The van der Waals surface area contributed by atoms with Crippen LogP contribution >= 0.6 is 11.6 Å². The number of methoxy groups -OCH3 is 1. The van der Waals surface area contributed by atoms with Crippen molar-refractivity contribution in [2.24, 2.45) is 17.8 Å². The van der Waals surface area contributed by atoms with Crippen molar-refractivity contribution in [2.45, 2.75) is 32.1 Å². The van der Waals surface area contributed by atoms with E-state index < -0.39 is 41.5 Å². The summed E-state index contributed by atoms with van der Waals surface area (Å²) >= 11 is 6.28. The number of fused-ring (bicyclic) bond motifs is 3. The van der Waals surface area contributed by atoms with Crippen LogP contribution in [0.2, 0.25) is 5.02 Å². The SMILES string of the molecule is COc1cc(C2C3=CCC4C(=O)N(CCC(=O)O)C(=O)C4C3CC3=C2C(=O)C=C(C)C3=O)cc(Cl)c1O. The highest BCUT2D eigenvalue weighted by Crippen LogP contribution is 2.56. The fourth-order valence-electron chi connectivity index (χ4n) is 6.17. The maximum absolute atomic E-state index is 13.5. The number of imide groups is 1. The van der Waals surface area contributed by atoms with Crippen molar-refractivity contribution >= 4 is 41.0 Å². The van der Waals surface area contributed by atoms with Gasteiger partial charge in [0.25, 0.3) is 0 Å². The zero-order valence-corrected chi connectivity index (χ0v) is 20.9. The topological polar surface area (TPSA) is 138 Å². The monoisotopic (exact) mass is 525 g/mol. The van der Waals surface area contributed by atoms with E-state index in [1.807, 2.05) is 6.08 Å². The second-order valence-corrected chi connectivity index (χ2v) is 10.2. The summed E-state index contributed by atoms with van der Waals surface area (Å²) in [6.45, 7) is 1.34. The Labute approximate surface area is 217 Å². The molecule has 4 aliphatic rings. The molecule has 37 heavy (non-hydrogen) atoms. The molecule has 4 atom stereocenters. The number of rotatable bonds is 5. The van der Waals surface area contributed by atoms with Crippen molar-refractivity contribution < 1.29 is 38.9 Å². The van der Waals surface area contributed by atoms with Gasteiger partial charge in [-0.15, -0.1) is 0 Å². The van der Waals surface area contributed by atoms with Crippen LogP contribution in [-0.2, 0) is 24.0 Å². The second-order valence-electron chi connectivity index (χ2n) is 9.75. The number of carbonyl (C=O) groups excluding carboxylic acids is 4. The number of phenols is 1. The number of halogens is 1. The average molecular weight is 526 g/mol. The first-order valence-corrected chi connectivity index (χ1v) is 12.3. The van der Waals surface area contributed by atoms with E-state index in [1.165, 1.54) is 19.3 Å². The Morgan fingerprint density at radius 2 is 1.89 bits per heavy atom. The van der Waals surface area contributed by atoms with Gasteiger partial charge in [-0.2, -0.15) is 0 Å². The van der Waals surface area contributed by atoms with E-state index in [1.54, 1.807) is 13.0 Å². The molecule has 0 bridgehead atoms. The number of Topliss-reactive ketones (excluding diaryl/α,β-unsaturated/α-hetero) is 1. The third-order valence-corrected chi connectivity index (χ3v) is 8.09. The molecule has 1 aliphatic heterocycles. The molecule has 1 aromatic rings. The predicted octanol–water partition coefficient (Wildman–Crippen LogP) is 2.96. The maximum Gasteiger partial charge on any atom is 0.305 e. The first-order chi connectivity index (χ1) is 17.5. The lowest BCUT2D eigenvalue weighted by Gasteiger charge is -2.42. The minimum Gasteiger partial charge on any atom is -0.503 e. The summed E-state index contributed by atoms with van der Waals surface area (Å²) in [6.07, 6.45) is 3.15. The number of phenolic OH excluding ortho intramolecular Hbond substituents is 1. The number of nitrogens with zero attached hydrogens (tertiary/aromatic N) is 1. The van der Waals surface area contributed by atoms with Crippen LogP contribution in [0.25, 0.3) is 0 Å². The number of hydrogen-bond donors (Lipinski definition) is 2. The molecule has 0 radical (unpaired) electrons. The van der Waals surface area contributed by atoms with Crippen molar-refractivity contribution in [1.82, 2.24) is 4.90 Å². The molecule has 10 heteroatoms. The number of ketones is 2. The van der Waals surface area contributed by atoms with Crippen molar-refractivity contribution in [2.75, 3.05) is 13.7 Å². The van der Waals surface area contributed by atoms with Crippen LogP contribution in [0, 0.1) is 17.8 Å². The summed E-state index contributed by atoms with van der Waals surface area (Å²) < 4.78 is 5.27. The van der Waals surface area contributed by atoms with E-state index in [-0.39, 0.29) is 53.9 Å². The molecule has 2 N–H and O–H groups in total. The van der Waals surface area contributed by atoms with Crippen LogP contribution in [0.4, 0.5) is 0 Å². The van der Waals surface area contributed by atoms with Gasteiger partial charge in [0, 0.05) is 29.2 Å². The van der Waals surface area contributed by atoms with E-state index in [9.17, 15) is 29.1 Å². The van der Waals surface area contributed by atoms with Crippen molar-refractivity contribution in [1.29, 1.82) is 0 Å². The van der Waals surface area contributed by atoms with Gasteiger partial charge in [-0.05, 0) is 49.5 Å². The largest absolute Gasteiger partial charge is 0.503 e. The number of aliphatic carboxylic acids is 1. The number of carboxylic acid groups (broad SMARTS) is 1. The van der Waals surface area contributed by atoms with Gasteiger partial charge in [0.05, 0.1) is 30.4 Å². The summed E-state index contributed by atoms with van der Waals surface area (Å²) in [4.78, 5) is 65.2. The number of carbonyl (C=O) groups is 5. The lowest BCUT2D eigenvalue weighted by Crippen LogP contribution is -2.40. The molecule has 1 heterocycles. The quantitative estimate of drug-likeness (QED) is 0.340. The Kier molecular flexibility index (Phi) is 6.06. The van der Waals surface area contributed by atoms with E-state index >= 15 is 0 Å². The third-order valence-electron chi connectivity index (χ3n) is 7.81. The predicted molar refractivity (Wildman–Crippen MR) is 130 cm³/mol. The molecule has 3 aliphatic carbocycles. The first-order valence-electron chi connectivity index (χ1n) is 11.9. The molecule has 4 unspecified atom stereocenters. The molecule has 1 aromatic carbocycles. The van der Waals surface area contributed by atoms with Crippen molar-refractivity contribution in [3.8, 4) is 11.5 Å². The molecule has 0 spiro atoms. The minimum absolute atomic E-state index is 0.00110. The molecule has 2 amide bonds. The van der Waals surface area contributed by atoms with E-state index in [4.69, 9.17) is 21.4 Å². The van der Waals surface area contributed by atoms with Crippen LogP contribution in [0.1, 0.15) is 37.7 Å². The number of aromatic hydroxyl groups is 1. The highest BCUT2D eigenvalue weighted by atomic mass is 35.5. The zero-order chi connectivity index (χ0) is 26.8. The van der Waals surface area contributed by atoms with Gasteiger partial charge < -0.3 is 14.9 Å². The smallest absolute Gasteiger partial charge is 0.305 e. The molecule has 1 saturated heterocycles. The number of ether oxygens (including phenoxy) is 1. The van der Waals surface area contributed by atoms with Gasteiger partial charge in [-0.1, -0.05) is 23.3 Å². The molecule has 0 aromatic heterocycles. The van der Waals surface area contributed by atoms with Crippen LogP contribution < -0.4 is 4.74 Å². The molecule has 192 valence electrons. The molecule has 5 rings (SSSR count). The maximum atomic E-state index is 13.5. The summed E-state index contributed by atoms with van der Waals surface area (Å²) in [5.74, 6) is -5.51. The molecular formula is C27H24ClNO8. The molecular weight excluding hydrogens is 502 g/mol. The lowest BCUT2D eigenvalue weighted by atomic mass is 9.59. The van der Waals surface area contributed by atoms with Crippen LogP contribution in [-0.4, -0.2) is 58.1 Å². The number of carboxylic acids is 1. The minimum atomic E-state index is -1.12. The summed E-state index contributed by atoms with van der Waals surface area (Å²) in [5.41, 5.74) is 2.11. The van der Waals surface area contributed by atoms with Crippen molar-refractivity contribution in [3.05, 3.63) is 57.2 Å². The van der Waals surface area contributed by atoms with Crippen LogP contribution in [0.3, 0.4) is 0 Å². The zero-order valence-electron chi connectivity index (χ0n) is 20.1. The van der Waals surface area contributed by atoms with Crippen LogP contribution in [0.5, 0.6) is 11.5 Å². The number of amides is 2. The second kappa shape index (κ2) is 8.99. The van der Waals surface area contributed by atoms with Crippen LogP contribution in [0.15, 0.2) is 46.6 Å². The summed E-state index contributed by atoms with van der Waals surface area (Å²) in [5, 5.41) is 19.3. The fourth-order valence-corrected chi connectivity index (χ4v) is 6.39. The van der Waals surface area contributed by atoms with Gasteiger partial charge >= 0.3 is 5.97 Å². The van der Waals surface area contributed by atoms with Gasteiger partial charge in [-0.25, -0.2) is 0 Å². The van der Waals surface area contributed by atoms with Gasteiger partial charge in [0.2, 0.25) is 11.8 Å². The molecule has 0 saturated carbocycles. The van der Waals surface area contributed by atoms with Gasteiger partial charge in [-0.3, -0.25) is 28.9 Å². The summed E-state index contributed by atoms with van der Waals surface area (Å²) in [7, 11) is 1.36. The average Bonchev–Trinajstić information content (AvgIpc) is 3.10. The summed E-state index contributed by atoms with van der Waals surface area (Å²) in [6, 6.07) is 3.06. The normalized spacial score (nSPS) is 26.9. The fraction of sp³-hybridized carbons (Fsp3) is 0.370. The Bertz CT molecular complexity index is 1390. The van der Waals surface area contributed by atoms with Gasteiger partial charge in [0.1, 0.15) is 0 Å². The Balaban J connectivity index is 1.65. The Hall–Kier alpha value is -3.72. The Morgan fingerprint density at radius 3 is 2.57 bits per heavy atom. The standard InChI is InChI=1S/C27H24ClNO8/c1-11-7-18(30)23-16(24(11)33)10-15-13(21(23)12-8-17(28)25(34)19(9-12)37-2)3-4-14-22(15)27(36)29(26(14)35)6-5-20(31)32/h3,7-9,14-15,21-22,34H,4-6,10H2,1-2H3,(H,31,32). The first kappa shape index (κ1) is 25.0. The molecule has 9 nitrogen and oxygen atoms in total. The lowest BCUT2D eigenvalue weighted by molar-refractivity contribution is -0.142. The van der Waals surface area contributed by atoms with Crippen molar-refractivity contribution in [3.63, 3.8) is 0 Å². The molecule has 1 fully saturated rings. The van der Waals surface area contributed by atoms with E-state index in [2.05, 4.69) is 0 Å². The Morgan fingerprint density at radius 1 is 1.16 bits per heavy atom. The third kappa shape index (κ3) is 3.80. The number of allylic oxidation sites excluding steroid dienone is 6. The number of hydrogen-bond acceptors (Lipinski definition) is 7. The highest BCUT2D eigenvalue weighted by molar-refractivity contribution is 6.32. The van der Waals surface area contributed by atoms with Gasteiger partial charge in [0.15, 0.2) is 23.1 Å². The number of likely N-dealkylation sites (tertiary alicyclic amines) is 1. The van der Waals surface area contributed by atoms with E-state index in [0.29, 0.717) is 22.3 Å². The number of benzene rings is 1.